The van der Waals surface area contributed by atoms with Crippen LogP contribution < -0.4 is 15.6 Å². The Morgan fingerprint density at radius 2 is 1.89 bits per heavy atom. The van der Waals surface area contributed by atoms with Gasteiger partial charge in [0.15, 0.2) is 5.65 Å². The molecule has 8 nitrogen and oxygen atoms in total. The van der Waals surface area contributed by atoms with Gasteiger partial charge in [-0.25, -0.2) is 4.98 Å². The Hall–Kier alpha value is -3.15. The van der Waals surface area contributed by atoms with Crippen LogP contribution in [-0.4, -0.2) is 51.3 Å². The minimum atomic E-state index is -4.71. The van der Waals surface area contributed by atoms with E-state index in [0.29, 0.717) is 0 Å². The summed E-state index contributed by atoms with van der Waals surface area (Å²) in [5, 5.41) is 11.8. The van der Waals surface area contributed by atoms with E-state index >= 15 is 0 Å². The molecule has 1 aliphatic heterocycles. The van der Waals surface area contributed by atoms with Crippen LogP contribution in [0.2, 0.25) is 10.0 Å². The number of nitrogens with zero attached hydrogens (tertiary/aromatic N) is 3. The lowest BCUT2D eigenvalue weighted by Gasteiger charge is -2.21. The Bertz CT molecular complexity index is 1410. The summed E-state index contributed by atoms with van der Waals surface area (Å²) in [5.74, 6) is -1.49. The number of β-amino-alcohol motifs (C(OH)–C–C–N with tert-alkyl or cyclic N) is 1. The third kappa shape index (κ3) is 4.78. The normalized spacial score (nSPS) is 17.0. The first-order valence-electron chi connectivity index (χ1n) is 10.8. The van der Waals surface area contributed by atoms with Gasteiger partial charge >= 0.3 is 6.18 Å². The van der Waals surface area contributed by atoms with Gasteiger partial charge < -0.3 is 10.4 Å². The molecule has 1 aromatic carbocycles. The van der Waals surface area contributed by atoms with Crippen molar-refractivity contribution in [1.29, 1.82) is 0 Å². The molecule has 3 heterocycles. The van der Waals surface area contributed by atoms with Crippen LogP contribution in [0.5, 0.6) is 0 Å². The molecule has 1 saturated heterocycles. The number of para-hydroxylation sites is 1. The molecule has 2 atom stereocenters. The van der Waals surface area contributed by atoms with Crippen molar-refractivity contribution in [2.24, 2.45) is 0 Å². The summed E-state index contributed by atoms with van der Waals surface area (Å²) >= 11 is 12.7. The SMILES string of the molecule is CCC(NC(=O)c1cn(-c2c(Cl)cccc2Cl)c2nc(N3C[C@@H](O)CC3=O)ccc2c1=O)C(F)(F)F. The molecule has 2 aromatic heterocycles. The number of aliphatic hydroxyl groups is 1. The van der Waals surface area contributed by atoms with Gasteiger partial charge in [0.1, 0.15) is 17.4 Å². The molecule has 190 valence electrons. The van der Waals surface area contributed by atoms with Gasteiger partial charge in [0, 0.05) is 6.20 Å². The molecular formula is C23H19Cl2F3N4O4. The highest BCUT2D eigenvalue weighted by Gasteiger charge is 2.40. The number of benzene rings is 1. The largest absolute Gasteiger partial charge is 0.408 e. The van der Waals surface area contributed by atoms with E-state index in [1.807, 2.05) is 5.32 Å². The Kier molecular flexibility index (Phi) is 7.00. The fraction of sp³-hybridized carbons (Fsp3) is 0.304. The third-order valence-corrected chi connectivity index (χ3v) is 6.36. The van der Waals surface area contributed by atoms with Crippen LogP contribution >= 0.6 is 23.2 Å². The smallest absolute Gasteiger partial charge is 0.391 e. The van der Waals surface area contributed by atoms with Gasteiger partial charge in [-0.1, -0.05) is 36.2 Å². The van der Waals surface area contributed by atoms with E-state index in [4.69, 9.17) is 23.2 Å². The van der Waals surface area contributed by atoms with Crippen LogP contribution in [0, 0.1) is 0 Å². The lowest BCUT2D eigenvalue weighted by atomic mass is 10.1. The van der Waals surface area contributed by atoms with Gasteiger partial charge in [-0.3, -0.25) is 23.9 Å². The second-order valence-corrected chi connectivity index (χ2v) is 9.01. The maximum absolute atomic E-state index is 13.3. The number of amides is 2. The number of hydrogen-bond acceptors (Lipinski definition) is 5. The fourth-order valence-corrected chi connectivity index (χ4v) is 4.54. The summed E-state index contributed by atoms with van der Waals surface area (Å²) in [6, 6.07) is 5.04. The Labute approximate surface area is 212 Å². The van der Waals surface area contributed by atoms with Crippen molar-refractivity contribution in [3.05, 3.63) is 62.4 Å². The predicted octanol–water partition coefficient (Wildman–Crippen LogP) is 3.86. The van der Waals surface area contributed by atoms with Crippen molar-refractivity contribution >= 4 is 51.9 Å². The van der Waals surface area contributed by atoms with Crippen LogP contribution in [0.4, 0.5) is 19.0 Å². The van der Waals surface area contributed by atoms with Crippen molar-refractivity contribution in [3.63, 3.8) is 0 Å². The molecule has 2 amide bonds. The van der Waals surface area contributed by atoms with Crippen LogP contribution in [0.1, 0.15) is 30.1 Å². The quantitative estimate of drug-likeness (QED) is 0.509. The Morgan fingerprint density at radius 1 is 1.22 bits per heavy atom. The molecular weight excluding hydrogens is 524 g/mol. The predicted molar refractivity (Wildman–Crippen MR) is 128 cm³/mol. The zero-order valence-electron chi connectivity index (χ0n) is 18.6. The molecule has 13 heteroatoms. The van der Waals surface area contributed by atoms with Gasteiger partial charge in [-0.15, -0.1) is 0 Å². The monoisotopic (exact) mass is 542 g/mol. The number of aliphatic hydroxyl groups excluding tert-OH is 1. The molecule has 0 bridgehead atoms. The standard InChI is InChI=1S/C23H19Cl2F3N4O4/c1-2-16(23(26,27)28)29-22(36)13-10-32(19-14(24)4-3-5-15(19)25)21-12(20(13)35)6-7-17(30-21)31-9-11(33)8-18(31)34/h3-7,10-11,16,33H,2,8-9H2,1H3,(H,29,36)/t11-,16?/m0/s1. The lowest BCUT2D eigenvalue weighted by molar-refractivity contribution is -0.153. The maximum atomic E-state index is 13.3. The van der Waals surface area contributed by atoms with E-state index in [-0.39, 0.29) is 51.5 Å². The van der Waals surface area contributed by atoms with Gasteiger partial charge in [0.05, 0.1) is 40.2 Å². The molecule has 36 heavy (non-hydrogen) atoms. The number of halogens is 5. The highest BCUT2D eigenvalue weighted by atomic mass is 35.5. The first-order chi connectivity index (χ1) is 16.9. The van der Waals surface area contributed by atoms with Crippen LogP contribution in [0.3, 0.4) is 0 Å². The Morgan fingerprint density at radius 3 is 2.44 bits per heavy atom. The summed E-state index contributed by atoms with van der Waals surface area (Å²) < 4.78 is 41.0. The lowest BCUT2D eigenvalue weighted by Crippen LogP contribution is -2.46. The number of carbonyl (C=O) groups excluding carboxylic acids is 2. The number of nitrogens with one attached hydrogen (secondary N) is 1. The molecule has 0 aliphatic carbocycles. The molecule has 1 aliphatic rings. The zero-order valence-corrected chi connectivity index (χ0v) is 20.2. The second kappa shape index (κ2) is 9.72. The molecule has 0 spiro atoms. The molecule has 0 saturated carbocycles. The average Bonchev–Trinajstić information content (AvgIpc) is 3.15. The number of rotatable bonds is 5. The fourth-order valence-electron chi connectivity index (χ4n) is 3.96. The molecule has 4 rings (SSSR count). The molecule has 1 unspecified atom stereocenters. The van der Waals surface area contributed by atoms with Crippen LogP contribution in [0.15, 0.2) is 41.3 Å². The summed E-state index contributed by atoms with van der Waals surface area (Å²) in [6.45, 7) is 1.24. The average molecular weight is 543 g/mol. The zero-order chi connectivity index (χ0) is 26.4. The number of aromatic nitrogens is 2. The number of alkyl halides is 3. The van der Waals surface area contributed by atoms with E-state index in [2.05, 4.69) is 4.98 Å². The van der Waals surface area contributed by atoms with Crippen molar-refractivity contribution in [3.8, 4) is 5.69 Å². The van der Waals surface area contributed by atoms with Crippen molar-refractivity contribution in [1.82, 2.24) is 14.9 Å². The topological polar surface area (TPSA) is 105 Å². The summed E-state index contributed by atoms with van der Waals surface area (Å²) in [5.41, 5.74) is -1.37. The third-order valence-electron chi connectivity index (χ3n) is 5.75. The van der Waals surface area contributed by atoms with E-state index in [1.54, 1.807) is 6.07 Å². The number of pyridine rings is 2. The highest BCUT2D eigenvalue weighted by molar-refractivity contribution is 6.37. The van der Waals surface area contributed by atoms with Crippen molar-refractivity contribution in [2.45, 2.75) is 38.1 Å². The summed E-state index contributed by atoms with van der Waals surface area (Å²) in [6.07, 6.45) is -5.11. The number of carbonyl (C=O) groups is 2. The maximum Gasteiger partial charge on any atom is 0.408 e. The van der Waals surface area contributed by atoms with E-state index in [9.17, 15) is 32.7 Å². The molecule has 1 fully saturated rings. The van der Waals surface area contributed by atoms with Gasteiger partial charge in [-0.2, -0.15) is 13.2 Å². The first-order valence-corrected chi connectivity index (χ1v) is 11.5. The minimum Gasteiger partial charge on any atom is -0.391 e. The van der Waals surface area contributed by atoms with E-state index < -0.39 is 41.6 Å². The van der Waals surface area contributed by atoms with E-state index in [1.165, 1.54) is 40.7 Å². The minimum absolute atomic E-state index is 0.00917. The van der Waals surface area contributed by atoms with Crippen molar-refractivity contribution < 1.29 is 27.9 Å². The van der Waals surface area contributed by atoms with E-state index in [0.717, 1.165) is 6.20 Å². The Balaban J connectivity index is 1.95. The van der Waals surface area contributed by atoms with Crippen molar-refractivity contribution in [2.75, 3.05) is 11.4 Å². The summed E-state index contributed by atoms with van der Waals surface area (Å²) in [4.78, 5) is 44.0. The highest BCUT2D eigenvalue weighted by Crippen LogP contribution is 2.31. The second-order valence-electron chi connectivity index (χ2n) is 8.19. The van der Waals surface area contributed by atoms with Crippen LogP contribution in [0.25, 0.3) is 16.7 Å². The number of anilines is 1. The summed E-state index contributed by atoms with van der Waals surface area (Å²) in [7, 11) is 0. The molecule has 2 N–H and O–H groups in total. The number of hydrogen-bond donors (Lipinski definition) is 2. The van der Waals surface area contributed by atoms with Gasteiger partial charge in [0.25, 0.3) is 5.91 Å². The first kappa shape index (κ1) is 25.9. The van der Waals surface area contributed by atoms with Crippen LogP contribution in [-0.2, 0) is 4.79 Å². The molecule has 0 radical (unpaired) electrons. The van der Waals surface area contributed by atoms with Gasteiger partial charge in [0.2, 0.25) is 11.3 Å². The molecule has 3 aromatic rings. The number of fused-ring (bicyclic) bond motifs is 1. The van der Waals surface area contributed by atoms with Gasteiger partial charge in [-0.05, 0) is 30.7 Å².